The fourth-order valence-corrected chi connectivity index (χ4v) is 3.48. The average Bonchev–Trinajstić information content (AvgIpc) is 2.83. The molecule has 1 aliphatic heterocycles. The Morgan fingerprint density at radius 2 is 1.83 bits per heavy atom. The number of nitrogens with zero attached hydrogens (tertiary/aromatic N) is 4. The lowest BCUT2D eigenvalue weighted by molar-refractivity contribution is 0.109. The molecule has 2 unspecified atom stereocenters. The second kappa shape index (κ2) is 6.75. The van der Waals surface area contributed by atoms with Crippen molar-refractivity contribution in [3.05, 3.63) is 46.7 Å². The second-order valence-corrected chi connectivity index (χ2v) is 6.65. The van der Waals surface area contributed by atoms with Crippen molar-refractivity contribution in [3.8, 4) is 5.69 Å². The van der Waals surface area contributed by atoms with Gasteiger partial charge in [-0.05, 0) is 52.2 Å². The Morgan fingerprint density at radius 3 is 2.48 bits per heavy atom. The van der Waals surface area contributed by atoms with Crippen molar-refractivity contribution in [1.82, 2.24) is 14.8 Å². The van der Waals surface area contributed by atoms with Crippen LogP contribution >= 0.6 is 11.6 Å². The Hall–Kier alpha value is -1.81. The number of hydrazone groups is 1. The molecule has 23 heavy (non-hydrogen) atoms. The minimum absolute atomic E-state index is 0.471. The van der Waals surface area contributed by atoms with Gasteiger partial charge in [0.2, 0.25) is 0 Å². The van der Waals surface area contributed by atoms with E-state index >= 15 is 0 Å². The van der Waals surface area contributed by atoms with Crippen LogP contribution in [0.4, 0.5) is 0 Å². The van der Waals surface area contributed by atoms with E-state index in [1.807, 2.05) is 43.5 Å². The first-order valence-corrected chi connectivity index (χ1v) is 8.58. The molecule has 1 fully saturated rings. The van der Waals surface area contributed by atoms with Crippen molar-refractivity contribution < 1.29 is 0 Å². The lowest BCUT2D eigenvalue weighted by Crippen LogP contribution is -2.39. The zero-order valence-electron chi connectivity index (χ0n) is 13.9. The summed E-state index contributed by atoms with van der Waals surface area (Å²) >= 11 is 6.55. The van der Waals surface area contributed by atoms with Crippen molar-refractivity contribution in [3.63, 3.8) is 0 Å². The van der Waals surface area contributed by atoms with E-state index in [1.54, 1.807) is 4.68 Å². The minimum Gasteiger partial charge on any atom is -0.292 e. The van der Waals surface area contributed by atoms with Crippen LogP contribution in [0.3, 0.4) is 0 Å². The molecule has 1 aliphatic rings. The quantitative estimate of drug-likeness (QED) is 0.780. The predicted octanol–water partition coefficient (Wildman–Crippen LogP) is 4.43. The molecule has 3 rings (SSSR count). The van der Waals surface area contributed by atoms with Gasteiger partial charge in [0, 0.05) is 12.1 Å². The fraction of sp³-hybridized carbons (Fsp3) is 0.444. The van der Waals surface area contributed by atoms with Crippen LogP contribution in [0.15, 0.2) is 35.4 Å². The molecular weight excluding hydrogens is 308 g/mol. The van der Waals surface area contributed by atoms with Crippen LogP contribution in [0.1, 0.15) is 44.4 Å². The Bertz CT molecular complexity index is 683. The van der Waals surface area contributed by atoms with E-state index in [4.69, 9.17) is 16.7 Å². The number of halogens is 1. The Balaban J connectivity index is 1.89. The predicted molar refractivity (Wildman–Crippen MR) is 95.5 cm³/mol. The largest absolute Gasteiger partial charge is 0.292 e. The van der Waals surface area contributed by atoms with Gasteiger partial charge >= 0.3 is 0 Å². The highest BCUT2D eigenvalue weighted by Gasteiger charge is 2.23. The SMILES string of the molecule is Cc1nn(-c2ccccc2)c(Cl)c1/C=N/N1C(C)CCCC1C. The van der Waals surface area contributed by atoms with Gasteiger partial charge in [-0.25, -0.2) is 4.68 Å². The van der Waals surface area contributed by atoms with E-state index in [0.29, 0.717) is 17.2 Å². The first-order chi connectivity index (χ1) is 11.1. The van der Waals surface area contributed by atoms with E-state index in [2.05, 4.69) is 24.0 Å². The Morgan fingerprint density at radius 1 is 1.17 bits per heavy atom. The molecule has 1 aromatic heterocycles. The zero-order chi connectivity index (χ0) is 16.4. The summed E-state index contributed by atoms with van der Waals surface area (Å²) in [4.78, 5) is 0. The lowest BCUT2D eigenvalue weighted by Gasteiger charge is -2.36. The van der Waals surface area contributed by atoms with Gasteiger partial charge < -0.3 is 0 Å². The average molecular weight is 331 g/mol. The molecule has 122 valence electrons. The van der Waals surface area contributed by atoms with Crippen LogP contribution in [-0.4, -0.2) is 33.1 Å². The summed E-state index contributed by atoms with van der Waals surface area (Å²) in [7, 11) is 0. The topological polar surface area (TPSA) is 33.4 Å². The van der Waals surface area contributed by atoms with E-state index in [1.165, 1.54) is 19.3 Å². The third-order valence-corrected chi connectivity index (χ3v) is 4.88. The van der Waals surface area contributed by atoms with Crippen LogP contribution in [-0.2, 0) is 0 Å². The van der Waals surface area contributed by atoms with Gasteiger partial charge in [-0.1, -0.05) is 29.8 Å². The van der Waals surface area contributed by atoms with Crippen LogP contribution in [0.2, 0.25) is 5.15 Å². The number of hydrogen-bond donors (Lipinski definition) is 0. The van der Waals surface area contributed by atoms with Gasteiger partial charge in [-0.15, -0.1) is 0 Å². The number of aromatic nitrogens is 2. The van der Waals surface area contributed by atoms with Gasteiger partial charge in [0.15, 0.2) is 0 Å². The molecule has 1 aromatic carbocycles. The van der Waals surface area contributed by atoms with Crippen LogP contribution in [0.25, 0.3) is 5.69 Å². The van der Waals surface area contributed by atoms with Gasteiger partial charge in [0.25, 0.3) is 0 Å². The molecule has 2 aromatic rings. The van der Waals surface area contributed by atoms with Gasteiger partial charge in [-0.3, -0.25) is 5.01 Å². The molecule has 2 heterocycles. The van der Waals surface area contributed by atoms with E-state index in [0.717, 1.165) is 16.9 Å². The standard InChI is InChI=1S/C18H23ClN4/c1-13-8-7-9-14(2)22(13)20-12-17-15(3)21-23(18(17)19)16-10-5-4-6-11-16/h4-6,10-14H,7-9H2,1-3H3/b20-12+. The summed E-state index contributed by atoms with van der Waals surface area (Å²) < 4.78 is 1.77. The first kappa shape index (κ1) is 16.1. The number of rotatable bonds is 3. The Kier molecular flexibility index (Phi) is 4.71. The second-order valence-electron chi connectivity index (χ2n) is 6.29. The molecule has 0 saturated carbocycles. The van der Waals surface area contributed by atoms with Crippen molar-refractivity contribution in [2.45, 2.75) is 52.1 Å². The summed E-state index contributed by atoms with van der Waals surface area (Å²) in [5, 5.41) is 12.1. The van der Waals surface area contributed by atoms with Gasteiger partial charge in [-0.2, -0.15) is 10.2 Å². The molecule has 2 atom stereocenters. The maximum atomic E-state index is 6.55. The molecule has 0 aliphatic carbocycles. The summed E-state index contributed by atoms with van der Waals surface area (Å²) in [6, 6.07) is 10.9. The van der Waals surface area contributed by atoms with Gasteiger partial charge in [0.05, 0.1) is 23.2 Å². The highest BCUT2D eigenvalue weighted by atomic mass is 35.5. The number of benzene rings is 1. The maximum absolute atomic E-state index is 6.55. The monoisotopic (exact) mass is 330 g/mol. The number of piperidine rings is 1. The highest BCUT2D eigenvalue weighted by molar-refractivity contribution is 6.32. The van der Waals surface area contributed by atoms with E-state index in [9.17, 15) is 0 Å². The molecule has 4 nitrogen and oxygen atoms in total. The van der Waals surface area contributed by atoms with Crippen molar-refractivity contribution in [2.75, 3.05) is 0 Å². The van der Waals surface area contributed by atoms with E-state index < -0.39 is 0 Å². The maximum Gasteiger partial charge on any atom is 0.142 e. The summed E-state index contributed by atoms with van der Waals surface area (Å²) in [6.07, 6.45) is 5.53. The smallest absolute Gasteiger partial charge is 0.142 e. The number of para-hydroxylation sites is 1. The van der Waals surface area contributed by atoms with E-state index in [-0.39, 0.29) is 0 Å². The molecule has 0 amide bonds. The molecular formula is C18H23ClN4. The molecule has 1 saturated heterocycles. The van der Waals surface area contributed by atoms with Gasteiger partial charge in [0.1, 0.15) is 5.15 Å². The molecule has 0 bridgehead atoms. The van der Waals surface area contributed by atoms with Crippen molar-refractivity contribution in [2.24, 2.45) is 5.10 Å². The lowest BCUT2D eigenvalue weighted by atomic mass is 10.00. The molecule has 5 heteroatoms. The minimum atomic E-state index is 0.471. The Labute approximate surface area is 142 Å². The van der Waals surface area contributed by atoms with Crippen molar-refractivity contribution in [1.29, 1.82) is 0 Å². The molecule has 0 N–H and O–H groups in total. The third-order valence-electron chi connectivity index (χ3n) is 4.52. The fourth-order valence-electron chi connectivity index (χ4n) is 3.16. The highest BCUT2D eigenvalue weighted by Crippen LogP contribution is 2.25. The van der Waals surface area contributed by atoms with Crippen LogP contribution < -0.4 is 0 Å². The summed E-state index contributed by atoms with van der Waals surface area (Å²) in [5.41, 5.74) is 2.74. The molecule has 0 radical (unpaired) electrons. The summed E-state index contributed by atoms with van der Waals surface area (Å²) in [6.45, 7) is 6.43. The third kappa shape index (κ3) is 3.27. The number of hydrogen-bond acceptors (Lipinski definition) is 3. The van der Waals surface area contributed by atoms with Crippen LogP contribution in [0.5, 0.6) is 0 Å². The first-order valence-electron chi connectivity index (χ1n) is 8.20. The van der Waals surface area contributed by atoms with Crippen molar-refractivity contribution >= 4 is 17.8 Å². The summed E-state index contributed by atoms with van der Waals surface area (Å²) in [5.74, 6) is 0. The molecule has 0 spiro atoms. The number of aryl methyl sites for hydroxylation is 1. The normalized spacial score (nSPS) is 22.0. The zero-order valence-corrected chi connectivity index (χ0v) is 14.7. The van der Waals surface area contributed by atoms with Crippen LogP contribution in [0, 0.1) is 6.92 Å².